The molecule has 1 heterocycles. The van der Waals surface area contributed by atoms with Crippen LogP contribution < -0.4 is 10.2 Å². The largest absolute Gasteiger partial charge is 0.327 e. The maximum Gasteiger partial charge on any atom is 0.136 e. The molecule has 0 radical (unpaired) electrons. The Kier molecular flexibility index (Phi) is 4.86. The molecule has 0 unspecified atom stereocenters. The fourth-order valence-corrected chi connectivity index (χ4v) is 1.98. The van der Waals surface area contributed by atoms with Crippen molar-refractivity contribution >= 4 is 11.5 Å². The third kappa shape index (κ3) is 3.51. The average molecular weight is 256 g/mol. The number of likely N-dealkylation sites (N-methyl/N-ethyl adjacent to an activating group) is 1. The number of rotatable bonds is 6. The van der Waals surface area contributed by atoms with E-state index in [1.54, 1.807) is 0 Å². The van der Waals surface area contributed by atoms with Crippen LogP contribution in [0.5, 0.6) is 0 Å². The zero-order valence-electron chi connectivity index (χ0n) is 11.5. The van der Waals surface area contributed by atoms with Crippen molar-refractivity contribution in [3.05, 3.63) is 48.4 Å². The van der Waals surface area contributed by atoms with Gasteiger partial charge in [0.05, 0.1) is 0 Å². The molecule has 0 aliphatic heterocycles. The molecule has 0 aliphatic carbocycles. The number of anilines is 2. The van der Waals surface area contributed by atoms with E-state index in [-0.39, 0.29) is 0 Å². The Balaban J connectivity index is 2.23. The van der Waals surface area contributed by atoms with E-state index in [1.165, 1.54) is 0 Å². The second kappa shape index (κ2) is 6.85. The van der Waals surface area contributed by atoms with Crippen molar-refractivity contribution in [1.82, 2.24) is 15.3 Å². The summed E-state index contributed by atoms with van der Waals surface area (Å²) in [5.74, 6) is 1.83. The lowest BCUT2D eigenvalue weighted by Gasteiger charge is -2.22. The lowest BCUT2D eigenvalue weighted by molar-refractivity contribution is 0.753. The van der Waals surface area contributed by atoms with Crippen LogP contribution >= 0.6 is 0 Å². The molecule has 0 saturated carbocycles. The van der Waals surface area contributed by atoms with E-state index in [4.69, 9.17) is 0 Å². The van der Waals surface area contributed by atoms with Crippen molar-refractivity contribution < 1.29 is 0 Å². The predicted molar refractivity (Wildman–Crippen MR) is 78.8 cm³/mol. The Hall–Kier alpha value is -1.94. The number of benzene rings is 1. The highest BCUT2D eigenvalue weighted by atomic mass is 15.2. The summed E-state index contributed by atoms with van der Waals surface area (Å²) >= 11 is 0. The van der Waals surface area contributed by atoms with Gasteiger partial charge in [0.2, 0.25) is 0 Å². The summed E-state index contributed by atoms with van der Waals surface area (Å²) in [4.78, 5) is 11.1. The first kappa shape index (κ1) is 13.5. The zero-order chi connectivity index (χ0) is 13.5. The summed E-state index contributed by atoms with van der Waals surface area (Å²) in [6.07, 6.45) is 2.68. The van der Waals surface area contributed by atoms with E-state index < -0.39 is 0 Å². The van der Waals surface area contributed by atoms with E-state index in [0.717, 1.165) is 36.8 Å². The van der Waals surface area contributed by atoms with Crippen LogP contribution in [0.3, 0.4) is 0 Å². The quantitative estimate of drug-likeness (QED) is 0.861. The minimum absolute atomic E-state index is 0.844. The summed E-state index contributed by atoms with van der Waals surface area (Å²) in [6, 6.07) is 12.3. The molecule has 1 N–H and O–H groups in total. The number of hydrogen-bond acceptors (Lipinski definition) is 4. The summed E-state index contributed by atoms with van der Waals surface area (Å²) < 4.78 is 0. The van der Waals surface area contributed by atoms with Crippen molar-refractivity contribution in [2.45, 2.75) is 13.3 Å². The van der Waals surface area contributed by atoms with Crippen LogP contribution in [0.4, 0.5) is 11.5 Å². The van der Waals surface area contributed by atoms with Gasteiger partial charge in [0, 0.05) is 31.4 Å². The second-order valence-electron chi connectivity index (χ2n) is 4.26. The topological polar surface area (TPSA) is 41.1 Å². The minimum Gasteiger partial charge on any atom is -0.327 e. The first-order valence-electron chi connectivity index (χ1n) is 6.64. The van der Waals surface area contributed by atoms with Gasteiger partial charge in [-0.2, -0.15) is 0 Å². The third-order valence-electron chi connectivity index (χ3n) is 2.95. The monoisotopic (exact) mass is 256 g/mol. The third-order valence-corrected chi connectivity index (χ3v) is 2.95. The molecule has 0 fully saturated rings. The molecule has 19 heavy (non-hydrogen) atoms. The number of hydrogen-bond donors (Lipinski definition) is 1. The standard InChI is InChI=1S/C15H20N4/c1-3-19(13-7-5-4-6-8-13)15-10-12-17-14(18-15)9-11-16-2/h4-8,10,12,16H,3,9,11H2,1-2H3. The number of nitrogens with zero attached hydrogens (tertiary/aromatic N) is 3. The first-order chi connectivity index (χ1) is 9.35. The lowest BCUT2D eigenvalue weighted by Crippen LogP contribution is -2.19. The van der Waals surface area contributed by atoms with Gasteiger partial charge in [-0.25, -0.2) is 9.97 Å². The van der Waals surface area contributed by atoms with Crippen molar-refractivity contribution in [2.75, 3.05) is 25.0 Å². The number of aromatic nitrogens is 2. The van der Waals surface area contributed by atoms with E-state index in [2.05, 4.69) is 39.2 Å². The minimum atomic E-state index is 0.844. The van der Waals surface area contributed by atoms with Crippen LogP contribution in [-0.2, 0) is 6.42 Å². The van der Waals surface area contributed by atoms with Crippen molar-refractivity contribution in [1.29, 1.82) is 0 Å². The molecule has 0 amide bonds. The molecule has 0 aliphatic rings. The van der Waals surface area contributed by atoms with Crippen LogP contribution in [0.25, 0.3) is 0 Å². The van der Waals surface area contributed by atoms with Crippen LogP contribution in [0, 0.1) is 0 Å². The van der Waals surface area contributed by atoms with Gasteiger partial charge in [0.1, 0.15) is 11.6 Å². The smallest absolute Gasteiger partial charge is 0.136 e. The maximum atomic E-state index is 4.63. The second-order valence-corrected chi connectivity index (χ2v) is 4.26. The predicted octanol–water partition coefficient (Wildman–Crippen LogP) is 2.40. The van der Waals surface area contributed by atoms with Crippen molar-refractivity contribution in [3.63, 3.8) is 0 Å². The first-order valence-corrected chi connectivity index (χ1v) is 6.64. The van der Waals surface area contributed by atoms with Gasteiger partial charge in [-0.3, -0.25) is 0 Å². The van der Waals surface area contributed by atoms with Gasteiger partial charge >= 0.3 is 0 Å². The molecular weight excluding hydrogens is 236 g/mol. The molecular formula is C15H20N4. The maximum absolute atomic E-state index is 4.63. The molecule has 2 aromatic rings. The average Bonchev–Trinajstić information content (AvgIpc) is 2.47. The fraction of sp³-hybridized carbons (Fsp3) is 0.333. The van der Waals surface area contributed by atoms with Gasteiger partial charge in [-0.15, -0.1) is 0 Å². The Morgan fingerprint density at radius 1 is 1.16 bits per heavy atom. The molecule has 1 aromatic heterocycles. The summed E-state index contributed by atoms with van der Waals surface area (Å²) in [7, 11) is 1.94. The van der Waals surface area contributed by atoms with Crippen molar-refractivity contribution in [3.8, 4) is 0 Å². The normalized spacial score (nSPS) is 10.4. The number of para-hydroxylation sites is 1. The molecule has 1 aromatic carbocycles. The zero-order valence-corrected chi connectivity index (χ0v) is 11.5. The van der Waals surface area contributed by atoms with E-state index in [1.807, 2.05) is 37.5 Å². The van der Waals surface area contributed by atoms with E-state index >= 15 is 0 Å². The Morgan fingerprint density at radius 3 is 2.63 bits per heavy atom. The SMILES string of the molecule is CCN(c1ccccc1)c1ccnc(CCNC)n1. The van der Waals surface area contributed by atoms with E-state index in [9.17, 15) is 0 Å². The number of nitrogens with one attached hydrogen (secondary N) is 1. The van der Waals surface area contributed by atoms with Gasteiger partial charge in [-0.05, 0) is 32.2 Å². The van der Waals surface area contributed by atoms with Gasteiger partial charge in [-0.1, -0.05) is 18.2 Å². The molecule has 0 spiro atoms. The van der Waals surface area contributed by atoms with E-state index in [0.29, 0.717) is 0 Å². The van der Waals surface area contributed by atoms with Gasteiger partial charge in [0.15, 0.2) is 0 Å². The molecule has 4 nitrogen and oxygen atoms in total. The van der Waals surface area contributed by atoms with Crippen LogP contribution in [-0.4, -0.2) is 30.1 Å². The highest BCUT2D eigenvalue weighted by Gasteiger charge is 2.09. The molecule has 4 heteroatoms. The molecule has 2 rings (SSSR count). The highest BCUT2D eigenvalue weighted by molar-refractivity contribution is 5.59. The Morgan fingerprint density at radius 2 is 1.95 bits per heavy atom. The summed E-state index contributed by atoms with van der Waals surface area (Å²) in [6.45, 7) is 3.90. The molecule has 0 bridgehead atoms. The fourth-order valence-electron chi connectivity index (χ4n) is 1.98. The van der Waals surface area contributed by atoms with Crippen molar-refractivity contribution in [2.24, 2.45) is 0 Å². The van der Waals surface area contributed by atoms with Gasteiger partial charge in [0.25, 0.3) is 0 Å². The van der Waals surface area contributed by atoms with Crippen LogP contribution in [0.15, 0.2) is 42.6 Å². The Labute approximate surface area is 114 Å². The summed E-state index contributed by atoms with van der Waals surface area (Å²) in [5, 5.41) is 3.12. The lowest BCUT2D eigenvalue weighted by atomic mass is 10.3. The molecule has 0 atom stereocenters. The highest BCUT2D eigenvalue weighted by Crippen LogP contribution is 2.22. The molecule has 100 valence electrons. The summed E-state index contributed by atoms with van der Waals surface area (Å²) in [5.41, 5.74) is 1.16. The molecule has 0 saturated heterocycles. The van der Waals surface area contributed by atoms with Crippen LogP contribution in [0.2, 0.25) is 0 Å². The Bertz CT molecular complexity index is 499. The van der Waals surface area contributed by atoms with Crippen LogP contribution in [0.1, 0.15) is 12.7 Å². The van der Waals surface area contributed by atoms with Gasteiger partial charge < -0.3 is 10.2 Å².